The fourth-order valence-electron chi connectivity index (χ4n) is 2.84. The molecular weight excluding hydrogens is 405 g/mol. The molecular formula is C22H22FN3O3S. The molecule has 2 amide bonds. The number of benzene rings is 2. The van der Waals surface area contributed by atoms with Gasteiger partial charge < -0.3 is 15.4 Å². The van der Waals surface area contributed by atoms with Crippen LogP contribution in [0.25, 0.3) is 0 Å². The minimum absolute atomic E-state index is 0.120. The first kappa shape index (κ1) is 21.6. The van der Waals surface area contributed by atoms with E-state index in [0.717, 1.165) is 11.6 Å². The summed E-state index contributed by atoms with van der Waals surface area (Å²) in [5, 5.41) is 7.76. The predicted octanol–water partition coefficient (Wildman–Crippen LogP) is 4.48. The SMILES string of the molecule is COCc1nc(C(=O)Nc2cc(C(=O)NC(C)c3ccccc3)cc(F)c2C)cs1. The van der Waals surface area contributed by atoms with Crippen molar-refractivity contribution in [3.8, 4) is 0 Å². The fraction of sp³-hybridized carbons (Fsp3) is 0.227. The number of amides is 2. The third kappa shape index (κ3) is 5.08. The van der Waals surface area contributed by atoms with Gasteiger partial charge in [-0.2, -0.15) is 0 Å². The molecule has 0 saturated heterocycles. The van der Waals surface area contributed by atoms with Crippen molar-refractivity contribution in [2.45, 2.75) is 26.5 Å². The summed E-state index contributed by atoms with van der Waals surface area (Å²) >= 11 is 1.30. The Balaban J connectivity index is 1.77. The molecule has 0 aliphatic rings. The van der Waals surface area contributed by atoms with Crippen molar-refractivity contribution in [1.82, 2.24) is 10.3 Å². The Kier molecular flexibility index (Phi) is 6.91. The number of anilines is 1. The van der Waals surface area contributed by atoms with Gasteiger partial charge in [-0.1, -0.05) is 30.3 Å². The number of methoxy groups -OCH3 is 1. The van der Waals surface area contributed by atoms with Crippen LogP contribution in [0.2, 0.25) is 0 Å². The first-order valence-corrected chi connectivity index (χ1v) is 10.2. The zero-order chi connectivity index (χ0) is 21.7. The number of hydrogen-bond acceptors (Lipinski definition) is 5. The molecule has 0 aliphatic heterocycles. The molecule has 6 nitrogen and oxygen atoms in total. The van der Waals surface area contributed by atoms with E-state index in [-0.39, 0.29) is 28.6 Å². The van der Waals surface area contributed by atoms with Crippen LogP contribution in [0.4, 0.5) is 10.1 Å². The molecule has 1 atom stereocenters. The number of thiazole rings is 1. The quantitative estimate of drug-likeness (QED) is 0.583. The summed E-state index contributed by atoms with van der Waals surface area (Å²) in [7, 11) is 1.54. The summed E-state index contributed by atoms with van der Waals surface area (Å²) < 4.78 is 19.5. The molecule has 0 bridgehead atoms. The summed E-state index contributed by atoms with van der Waals surface area (Å²) in [5.41, 5.74) is 1.72. The number of nitrogens with one attached hydrogen (secondary N) is 2. The third-order valence-electron chi connectivity index (χ3n) is 4.55. The Morgan fingerprint density at radius 1 is 1.20 bits per heavy atom. The maximum atomic E-state index is 14.5. The van der Waals surface area contributed by atoms with Crippen LogP contribution in [0.3, 0.4) is 0 Å². The van der Waals surface area contributed by atoms with Gasteiger partial charge in [-0.05, 0) is 31.5 Å². The van der Waals surface area contributed by atoms with Gasteiger partial charge in [0.15, 0.2) is 0 Å². The number of nitrogens with zero attached hydrogens (tertiary/aromatic N) is 1. The van der Waals surface area contributed by atoms with Gasteiger partial charge in [-0.15, -0.1) is 11.3 Å². The summed E-state index contributed by atoms with van der Waals surface area (Å²) in [6, 6.07) is 11.8. The zero-order valence-electron chi connectivity index (χ0n) is 16.9. The molecule has 0 fully saturated rings. The van der Waals surface area contributed by atoms with Crippen molar-refractivity contribution in [3.63, 3.8) is 0 Å². The smallest absolute Gasteiger partial charge is 0.275 e. The van der Waals surface area contributed by atoms with E-state index in [0.29, 0.717) is 11.6 Å². The van der Waals surface area contributed by atoms with E-state index in [4.69, 9.17) is 4.74 Å². The zero-order valence-corrected chi connectivity index (χ0v) is 17.7. The summed E-state index contributed by atoms with van der Waals surface area (Å²) in [4.78, 5) is 29.4. The van der Waals surface area contributed by atoms with E-state index >= 15 is 0 Å². The molecule has 0 saturated carbocycles. The Bertz CT molecular complexity index is 1050. The van der Waals surface area contributed by atoms with Gasteiger partial charge >= 0.3 is 0 Å². The van der Waals surface area contributed by atoms with Gasteiger partial charge in [-0.3, -0.25) is 9.59 Å². The molecule has 1 unspecified atom stereocenters. The molecule has 2 N–H and O–H groups in total. The molecule has 156 valence electrons. The van der Waals surface area contributed by atoms with Crippen LogP contribution < -0.4 is 10.6 Å². The predicted molar refractivity (Wildman–Crippen MR) is 114 cm³/mol. The van der Waals surface area contributed by atoms with Crippen LogP contribution in [0.1, 0.15) is 49.9 Å². The fourth-order valence-corrected chi connectivity index (χ4v) is 3.58. The number of ether oxygens (including phenoxy) is 1. The lowest BCUT2D eigenvalue weighted by atomic mass is 10.1. The van der Waals surface area contributed by atoms with E-state index < -0.39 is 17.6 Å². The molecule has 1 aromatic heterocycles. The number of halogens is 1. The molecule has 3 rings (SSSR count). The van der Waals surface area contributed by atoms with E-state index in [1.165, 1.54) is 24.3 Å². The standard InChI is InChI=1S/C22H22FN3O3S/c1-13-17(23)9-16(21(27)24-14(2)15-7-5-4-6-8-15)10-18(13)26-22(28)19-12-30-20(25-19)11-29-3/h4-10,12,14H,11H2,1-3H3,(H,24,27)(H,26,28). The van der Waals surface area contributed by atoms with Crippen molar-refractivity contribution < 1.29 is 18.7 Å². The molecule has 0 radical (unpaired) electrons. The van der Waals surface area contributed by atoms with Gasteiger partial charge in [0.1, 0.15) is 16.5 Å². The highest BCUT2D eigenvalue weighted by Gasteiger charge is 2.18. The van der Waals surface area contributed by atoms with Gasteiger partial charge in [0.2, 0.25) is 0 Å². The minimum atomic E-state index is -0.580. The Morgan fingerprint density at radius 2 is 1.93 bits per heavy atom. The molecule has 1 heterocycles. The van der Waals surface area contributed by atoms with Crippen LogP contribution in [0.15, 0.2) is 47.8 Å². The molecule has 0 aliphatic carbocycles. The van der Waals surface area contributed by atoms with Crippen molar-refractivity contribution in [2.75, 3.05) is 12.4 Å². The topological polar surface area (TPSA) is 80.3 Å². The monoisotopic (exact) mass is 427 g/mol. The van der Waals surface area contributed by atoms with Gasteiger partial charge in [-0.25, -0.2) is 9.37 Å². The molecule has 2 aromatic carbocycles. The molecule has 3 aromatic rings. The van der Waals surface area contributed by atoms with Crippen LogP contribution in [-0.4, -0.2) is 23.9 Å². The second-order valence-electron chi connectivity index (χ2n) is 6.75. The Hall–Kier alpha value is -3.10. The van der Waals surface area contributed by atoms with Crippen molar-refractivity contribution in [1.29, 1.82) is 0 Å². The van der Waals surface area contributed by atoms with Crippen molar-refractivity contribution in [2.24, 2.45) is 0 Å². The first-order valence-electron chi connectivity index (χ1n) is 9.29. The lowest BCUT2D eigenvalue weighted by Crippen LogP contribution is -2.27. The molecule has 0 spiro atoms. The molecule has 8 heteroatoms. The Morgan fingerprint density at radius 3 is 2.63 bits per heavy atom. The third-order valence-corrected chi connectivity index (χ3v) is 5.38. The lowest BCUT2D eigenvalue weighted by Gasteiger charge is -2.16. The highest BCUT2D eigenvalue weighted by Crippen LogP contribution is 2.23. The number of rotatable bonds is 7. The lowest BCUT2D eigenvalue weighted by molar-refractivity contribution is 0.0938. The number of carbonyl (C=O) groups excluding carboxylic acids is 2. The average Bonchev–Trinajstić information content (AvgIpc) is 3.21. The van der Waals surface area contributed by atoms with Crippen LogP contribution in [-0.2, 0) is 11.3 Å². The number of hydrogen-bond donors (Lipinski definition) is 2. The maximum Gasteiger partial charge on any atom is 0.275 e. The van der Waals surface area contributed by atoms with E-state index in [1.54, 1.807) is 12.5 Å². The van der Waals surface area contributed by atoms with Gasteiger partial charge in [0, 0.05) is 29.3 Å². The van der Waals surface area contributed by atoms with Crippen LogP contribution in [0, 0.1) is 12.7 Å². The highest BCUT2D eigenvalue weighted by atomic mass is 32.1. The van der Waals surface area contributed by atoms with Crippen LogP contribution >= 0.6 is 11.3 Å². The number of carbonyl (C=O) groups is 2. The maximum absolute atomic E-state index is 14.5. The number of aromatic nitrogens is 1. The average molecular weight is 428 g/mol. The summed E-state index contributed by atoms with van der Waals surface area (Å²) in [5.74, 6) is -1.49. The molecule has 30 heavy (non-hydrogen) atoms. The van der Waals surface area contributed by atoms with E-state index in [1.807, 2.05) is 37.3 Å². The minimum Gasteiger partial charge on any atom is -0.378 e. The van der Waals surface area contributed by atoms with Crippen molar-refractivity contribution >= 4 is 28.8 Å². The van der Waals surface area contributed by atoms with Crippen molar-refractivity contribution in [3.05, 3.63) is 81.1 Å². The highest BCUT2D eigenvalue weighted by molar-refractivity contribution is 7.09. The largest absolute Gasteiger partial charge is 0.378 e. The summed E-state index contributed by atoms with van der Waals surface area (Å²) in [6.45, 7) is 3.69. The Labute approximate surface area is 178 Å². The van der Waals surface area contributed by atoms with Crippen LogP contribution in [0.5, 0.6) is 0 Å². The van der Waals surface area contributed by atoms with Gasteiger partial charge in [0.05, 0.1) is 12.6 Å². The second kappa shape index (κ2) is 9.60. The summed E-state index contributed by atoms with van der Waals surface area (Å²) in [6.07, 6.45) is 0. The van der Waals surface area contributed by atoms with E-state index in [2.05, 4.69) is 15.6 Å². The van der Waals surface area contributed by atoms with Gasteiger partial charge in [0.25, 0.3) is 11.8 Å². The normalized spacial score (nSPS) is 11.7. The second-order valence-corrected chi connectivity index (χ2v) is 7.69. The van der Waals surface area contributed by atoms with E-state index in [9.17, 15) is 14.0 Å². The first-order chi connectivity index (χ1) is 14.4.